The molecule has 2 aromatic carbocycles. The fourth-order valence-electron chi connectivity index (χ4n) is 3.16. The molecule has 2 aromatic heterocycles. The van der Waals surface area contributed by atoms with Gasteiger partial charge in [0.15, 0.2) is 15.7 Å². The highest BCUT2D eigenvalue weighted by Gasteiger charge is 2.16. The first-order valence-corrected chi connectivity index (χ1v) is 10.9. The number of fused-ring (bicyclic) bond motifs is 1. The molecule has 2 heterocycles. The van der Waals surface area contributed by atoms with Crippen LogP contribution < -0.4 is 10.2 Å². The maximum atomic E-state index is 13.9. The third-order valence-electron chi connectivity index (χ3n) is 4.67. The Hall–Kier alpha value is -3.53. The van der Waals surface area contributed by atoms with Crippen molar-refractivity contribution < 1.29 is 12.8 Å². The van der Waals surface area contributed by atoms with Crippen molar-refractivity contribution in [3.05, 3.63) is 60.0 Å². The van der Waals surface area contributed by atoms with Gasteiger partial charge in [-0.1, -0.05) is 12.1 Å². The molecule has 154 valence electrons. The molecular formula is C20H19FN6O2S. The number of benzene rings is 2. The highest BCUT2D eigenvalue weighted by Crippen LogP contribution is 2.29. The summed E-state index contributed by atoms with van der Waals surface area (Å²) in [4.78, 5) is 10.6. The number of halogens is 1. The first-order chi connectivity index (χ1) is 14.2. The van der Waals surface area contributed by atoms with Crippen molar-refractivity contribution in [1.29, 1.82) is 0 Å². The van der Waals surface area contributed by atoms with Gasteiger partial charge in [-0.3, -0.25) is 5.10 Å². The molecule has 0 unspecified atom stereocenters. The van der Waals surface area contributed by atoms with Gasteiger partial charge in [0.2, 0.25) is 5.95 Å². The smallest absolute Gasteiger partial charge is 0.229 e. The van der Waals surface area contributed by atoms with Crippen LogP contribution in [0.3, 0.4) is 0 Å². The summed E-state index contributed by atoms with van der Waals surface area (Å²) in [6, 6.07) is 11.5. The molecule has 0 aliphatic carbocycles. The summed E-state index contributed by atoms with van der Waals surface area (Å²) in [5.74, 6) is 0.948. The lowest BCUT2D eigenvalue weighted by Gasteiger charge is -2.16. The van der Waals surface area contributed by atoms with E-state index in [9.17, 15) is 12.8 Å². The maximum absolute atomic E-state index is 13.9. The van der Waals surface area contributed by atoms with Crippen molar-refractivity contribution in [2.45, 2.75) is 11.8 Å². The molecule has 4 aromatic rings. The molecule has 4 rings (SSSR count). The van der Waals surface area contributed by atoms with E-state index in [2.05, 4.69) is 25.5 Å². The topological polar surface area (TPSA) is 104 Å². The van der Waals surface area contributed by atoms with E-state index >= 15 is 0 Å². The molecule has 2 N–H and O–H groups in total. The number of anilines is 4. The van der Waals surface area contributed by atoms with Crippen LogP contribution in [0.1, 0.15) is 5.56 Å². The van der Waals surface area contributed by atoms with E-state index in [-0.39, 0.29) is 16.7 Å². The highest BCUT2D eigenvalue weighted by molar-refractivity contribution is 7.90. The van der Waals surface area contributed by atoms with Crippen LogP contribution in [-0.4, -0.2) is 41.9 Å². The first-order valence-electron chi connectivity index (χ1n) is 9.01. The van der Waals surface area contributed by atoms with Gasteiger partial charge in [-0.05, 0) is 42.8 Å². The van der Waals surface area contributed by atoms with Crippen LogP contribution in [0.4, 0.5) is 27.7 Å². The number of aromatic nitrogens is 4. The Bertz CT molecular complexity index is 1350. The van der Waals surface area contributed by atoms with Gasteiger partial charge >= 0.3 is 0 Å². The Kier molecular flexibility index (Phi) is 4.86. The van der Waals surface area contributed by atoms with Gasteiger partial charge in [-0.2, -0.15) is 10.1 Å². The highest BCUT2D eigenvalue weighted by atomic mass is 32.2. The molecule has 0 saturated heterocycles. The molecule has 0 atom stereocenters. The Labute approximate surface area is 172 Å². The molecule has 10 heteroatoms. The molecule has 0 radical (unpaired) electrons. The van der Waals surface area contributed by atoms with E-state index in [0.717, 1.165) is 0 Å². The van der Waals surface area contributed by atoms with Crippen LogP contribution in [0.2, 0.25) is 0 Å². The zero-order valence-corrected chi connectivity index (χ0v) is 17.3. The molecule has 8 nitrogen and oxygen atoms in total. The molecular weight excluding hydrogens is 407 g/mol. The fourth-order valence-corrected chi connectivity index (χ4v) is 4.15. The number of rotatable bonds is 5. The standard InChI is InChI=1S/C20H19FN6O2S/c1-12-7-8-13(11-16(12)30(3,28)29)23-20-22-10-9-17(24-20)27(2)19-14-5-4-6-15(21)18(14)25-26-19/h4-11H,1-3H3,(H,25,26)(H,22,23,24). The van der Waals surface area contributed by atoms with Gasteiger partial charge in [-0.25, -0.2) is 17.8 Å². The van der Waals surface area contributed by atoms with Gasteiger partial charge in [0, 0.05) is 30.6 Å². The minimum atomic E-state index is -3.36. The van der Waals surface area contributed by atoms with Gasteiger partial charge in [-0.15, -0.1) is 0 Å². The molecule has 0 aliphatic heterocycles. The fraction of sp³-hybridized carbons (Fsp3) is 0.150. The van der Waals surface area contributed by atoms with Crippen LogP contribution in [-0.2, 0) is 9.84 Å². The number of para-hydroxylation sites is 1. The second kappa shape index (κ2) is 7.38. The van der Waals surface area contributed by atoms with Crippen LogP contribution >= 0.6 is 0 Å². The van der Waals surface area contributed by atoms with Crippen LogP contribution in [0.25, 0.3) is 10.9 Å². The van der Waals surface area contributed by atoms with Crippen molar-refractivity contribution in [1.82, 2.24) is 20.2 Å². The van der Waals surface area contributed by atoms with Gasteiger partial charge in [0.05, 0.1) is 4.90 Å². The summed E-state index contributed by atoms with van der Waals surface area (Å²) in [5.41, 5.74) is 1.53. The van der Waals surface area contributed by atoms with E-state index in [1.165, 1.54) is 12.3 Å². The quantitative estimate of drug-likeness (QED) is 0.501. The Balaban J connectivity index is 1.65. The summed E-state index contributed by atoms with van der Waals surface area (Å²) < 4.78 is 37.9. The number of sulfone groups is 1. The lowest BCUT2D eigenvalue weighted by molar-refractivity contribution is 0.601. The summed E-state index contributed by atoms with van der Waals surface area (Å²) >= 11 is 0. The largest absolute Gasteiger partial charge is 0.324 e. The molecule has 0 fully saturated rings. The zero-order valence-electron chi connectivity index (χ0n) is 16.5. The summed E-state index contributed by atoms with van der Waals surface area (Å²) in [5, 5.41) is 10.6. The van der Waals surface area contributed by atoms with Crippen molar-refractivity contribution in [2.75, 3.05) is 23.5 Å². The third-order valence-corrected chi connectivity index (χ3v) is 5.91. The van der Waals surface area contributed by atoms with E-state index in [1.807, 2.05) is 0 Å². The van der Waals surface area contributed by atoms with Crippen molar-refractivity contribution in [3.8, 4) is 0 Å². The first kappa shape index (κ1) is 19.8. The van der Waals surface area contributed by atoms with E-state index in [1.54, 1.807) is 61.5 Å². The Morgan fingerprint density at radius 1 is 1.17 bits per heavy atom. The number of hydrogen-bond donors (Lipinski definition) is 2. The Morgan fingerprint density at radius 3 is 2.73 bits per heavy atom. The minimum absolute atomic E-state index is 0.241. The molecule has 0 saturated carbocycles. The number of H-pyrrole nitrogens is 1. The number of nitrogens with zero attached hydrogens (tertiary/aromatic N) is 4. The van der Waals surface area contributed by atoms with E-state index in [4.69, 9.17) is 0 Å². The molecule has 30 heavy (non-hydrogen) atoms. The van der Waals surface area contributed by atoms with E-state index < -0.39 is 9.84 Å². The van der Waals surface area contributed by atoms with Gasteiger partial charge < -0.3 is 10.2 Å². The SMILES string of the molecule is Cc1ccc(Nc2nccc(N(C)c3n[nH]c4c(F)cccc34)n2)cc1S(C)(=O)=O. The summed E-state index contributed by atoms with van der Waals surface area (Å²) in [6.07, 6.45) is 2.74. The maximum Gasteiger partial charge on any atom is 0.229 e. The minimum Gasteiger partial charge on any atom is -0.324 e. The normalized spacial score (nSPS) is 11.6. The molecule has 0 bridgehead atoms. The average Bonchev–Trinajstić information content (AvgIpc) is 3.14. The second-order valence-corrected chi connectivity index (χ2v) is 8.87. The van der Waals surface area contributed by atoms with Gasteiger partial charge in [0.25, 0.3) is 0 Å². The summed E-state index contributed by atoms with van der Waals surface area (Å²) in [6.45, 7) is 1.74. The molecule has 0 spiro atoms. The van der Waals surface area contributed by atoms with Crippen LogP contribution in [0.5, 0.6) is 0 Å². The van der Waals surface area contributed by atoms with Crippen molar-refractivity contribution >= 4 is 44.0 Å². The lowest BCUT2D eigenvalue weighted by atomic mass is 10.2. The van der Waals surface area contributed by atoms with Crippen molar-refractivity contribution in [2.24, 2.45) is 0 Å². The van der Waals surface area contributed by atoms with E-state index in [0.29, 0.717) is 33.8 Å². The zero-order chi connectivity index (χ0) is 21.5. The number of aryl methyl sites for hydroxylation is 1. The number of hydrogen-bond acceptors (Lipinski definition) is 7. The predicted molar refractivity (Wildman–Crippen MR) is 114 cm³/mol. The molecule has 0 amide bonds. The average molecular weight is 426 g/mol. The van der Waals surface area contributed by atoms with Crippen LogP contribution in [0.15, 0.2) is 53.6 Å². The van der Waals surface area contributed by atoms with Gasteiger partial charge in [0.1, 0.15) is 17.2 Å². The Morgan fingerprint density at radius 2 is 1.97 bits per heavy atom. The predicted octanol–water partition coefficient (Wildman–Crippen LogP) is 3.72. The third kappa shape index (κ3) is 3.69. The lowest BCUT2D eigenvalue weighted by Crippen LogP contribution is -2.13. The van der Waals surface area contributed by atoms with Crippen molar-refractivity contribution in [3.63, 3.8) is 0 Å². The number of nitrogens with one attached hydrogen (secondary N) is 2. The summed E-state index contributed by atoms with van der Waals surface area (Å²) in [7, 11) is -1.59. The van der Waals surface area contributed by atoms with Crippen LogP contribution in [0, 0.1) is 12.7 Å². The number of aromatic amines is 1. The monoisotopic (exact) mass is 426 g/mol. The molecule has 0 aliphatic rings. The second-order valence-electron chi connectivity index (χ2n) is 6.88.